The van der Waals surface area contributed by atoms with Crippen molar-refractivity contribution in [2.24, 2.45) is 0 Å². The standard InChI is InChI=1S/C19H23F2N5OS/c1-3-25-6-4-5-13(9-25)22-19-23-18-15(28-19)10-26(24-18)16-11(2)7-12(17(20)21)8-14(16)27/h7-8,10,13,17,27H,3-6,9H2,1-2H3,(H,22,23,24). The number of likely N-dealkylation sites (N-methyl/N-ethyl adjacent to an activating group) is 1. The Morgan fingerprint density at radius 2 is 2.21 bits per heavy atom. The zero-order valence-electron chi connectivity index (χ0n) is 15.8. The summed E-state index contributed by atoms with van der Waals surface area (Å²) in [6.07, 6.45) is 1.45. The molecule has 0 amide bonds. The monoisotopic (exact) mass is 407 g/mol. The van der Waals surface area contributed by atoms with Gasteiger partial charge >= 0.3 is 0 Å². The molecular weight excluding hydrogens is 384 g/mol. The zero-order valence-corrected chi connectivity index (χ0v) is 16.6. The number of aromatic hydroxyl groups is 1. The Morgan fingerprint density at radius 1 is 1.39 bits per heavy atom. The highest BCUT2D eigenvalue weighted by Crippen LogP contribution is 2.33. The lowest BCUT2D eigenvalue weighted by Crippen LogP contribution is -2.41. The van der Waals surface area contributed by atoms with Crippen LogP contribution >= 0.6 is 11.3 Å². The van der Waals surface area contributed by atoms with Crippen molar-refractivity contribution in [3.63, 3.8) is 0 Å². The molecule has 0 saturated carbocycles. The van der Waals surface area contributed by atoms with Crippen LogP contribution in [0.4, 0.5) is 13.9 Å². The predicted octanol–water partition coefficient (Wildman–Crippen LogP) is 4.33. The summed E-state index contributed by atoms with van der Waals surface area (Å²) in [7, 11) is 0. The Morgan fingerprint density at radius 3 is 2.89 bits per heavy atom. The van der Waals surface area contributed by atoms with Crippen LogP contribution < -0.4 is 5.32 Å². The SMILES string of the molecule is CCN1CCCC(Nc2nc3nn(-c4c(C)cc(C(F)F)cc4O)cc3s2)C1. The largest absolute Gasteiger partial charge is 0.506 e. The number of nitrogens with zero attached hydrogens (tertiary/aromatic N) is 4. The number of hydrogen-bond acceptors (Lipinski definition) is 6. The lowest BCUT2D eigenvalue weighted by Gasteiger charge is -2.32. The van der Waals surface area contributed by atoms with E-state index in [4.69, 9.17) is 0 Å². The van der Waals surface area contributed by atoms with Crippen molar-refractivity contribution in [2.45, 2.75) is 39.2 Å². The zero-order chi connectivity index (χ0) is 19.8. The molecule has 1 aromatic carbocycles. The number of rotatable bonds is 5. The molecule has 9 heteroatoms. The van der Waals surface area contributed by atoms with Crippen LogP contribution in [0.25, 0.3) is 16.0 Å². The number of anilines is 1. The number of halogens is 2. The van der Waals surface area contributed by atoms with Crippen LogP contribution in [0.2, 0.25) is 0 Å². The van der Waals surface area contributed by atoms with Gasteiger partial charge in [0.15, 0.2) is 10.8 Å². The smallest absolute Gasteiger partial charge is 0.263 e. The Kier molecular flexibility index (Phi) is 5.20. The third-order valence-corrected chi connectivity index (χ3v) is 6.05. The van der Waals surface area contributed by atoms with Crippen molar-refractivity contribution >= 4 is 26.8 Å². The van der Waals surface area contributed by atoms with Gasteiger partial charge in [-0.05, 0) is 50.6 Å². The molecular formula is C19H23F2N5OS. The lowest BCUT2D eigenvalue weighted by molar-refractivity contribution is 0.151. The molecule has 150 valence electrons. The second-order valence-electron chi connectivity index (χ2n) is 7.16. The first-order valence-electron chi connectivity index (χ1n) is 9.41. The number of benzene rings is 1. The van der Waals surface area contributed by atoms with Crippen molar-refractivity contribution in [3.8, 4) is 11.4 Å². The van der Waals surface area contributed by atoms with Crippen molar-refractivity contribution in [1.82, 2.24) is 19.7 Å². The van der Waals surface area contributed by atoms with Crippen molar-refractivity contribution in [3.05, 3.63) is 29.5 Å². The summed E-state index contributed by atoms with van der Waals surface area (Å²) < 4.78 is 28.2. The van der Waals surface area contributed by atoms with Crippen LogP contribution in [0, 0.1) is 6.92 Å². The van der Waals surface area contributed by atoms with Crippen LogP contribution in [-0.2, 0) is 0 Å². The molecule has 1 unspecified atom stereocenters. The Bertz CT molecular complexity index is 932. The molecule has 1 atom stereocenters. The summed E-state index contributed by atoms with van der Waals surface area (Å²) in [4.78, 5) is 6.99. The predicted molar refractivity (Wildman–Crippen MR) is 107 cm³/mol. The third kappa shape index (κ3) is 3.68. The number of aryl methyl sites for hydroxylation is 1. The summed E-state index contributed by atoms with van der Waals surface area (Å²) in [6, 6.07) is 2.84. The van der Waals surface area contributed by atoms with Gasteiger partial charge in [0.1, 0.15) is 11.4 Å². The Hall–Kier alpha value is -2.26. The summed E-state index contributed by atoms with van der Waals surface area (Å²) >= 11 is 1.51. The number of phenolic OH excluding ortho intramolecular Hbond substituents is 1. The van der Waals surface area contributed by atoms with Gasteiger partial charge in [-0.2, -0.15) is 4.98 Å². The molecule has 28 heavy (non-hydrogen) atoms. The normalized spacial score (nSPS) is 18.2. The van der Waals surface area contributed by atoms with Gasteiger partial charge in [0.05, 0.1) is 10.9 Å². The summed E-state index contributed by atoms with van der Waals surface area (Å²) in [5, 5.41) is 19.0. The van der Waals surface area contributed by atoms with Gasteiger partial charge in [0.25, 0.3) is 6.43 Å². The van der Waals surface area contributed by atoms with E-state index in [0.717, 1.165) is 42.0 Å². The molecule has 1 fully saturated rings. The quantitative estimate of drug-likeness (QED) is 0.659. The number of phenols is 1. The van der Waals surface area contributed by atoms with Crippen LogP contribution in [0.5, 0.6) is 5.75 Å². The molecule has 1 aliphatic rings. The number of hydrogen-bond donors (Lipinski definition) is 2. The van der Waals surface area contributed by atoms with Crippen LogP contribution in [0.3, 0.4) is 0 Å². The number of alkyl halides is 2. The molecule has 3 aromatic rings. The van der Waals surface area contributed by atoms with E-state index >= 15 is 0 Å². The number of fused-ring (bicyclic) bond motifs is 1. The van der Waals surface area contributed by atoms with Crippen LogP contribution in [0.1, 0.15) is 37.3 Å². The first-order chi connectivity index (χ1) is 13.4. The molecule has 1 saturated heterocycles. The minimum absolute atomic E-state index is 0.203. The van der Waals surface area contributed by atoms with Crippen LogP contribution in [-0.4, -0.2) is 50.4 Å². The number of likely N-dealkylation sites (tertiary alicyclic amines) is 1. The summed E-state index contributed by atoms with van der Waals surface area (Å²) in [5.41, 5.74) is 1.30. The van der Waals surface area contributed by atoms with Crippen LogP contribution in [0.15, 0.2) is 18.3 Å². The highest BCUT2D eigenvalue weighted by molar-refractivity contribution is 7.22. The molecule has 1 aliphatic heterocycles. The number of aromatic nitrogens is 3. The Labute approximate surface area is 165 Å². The molecule has 0 radical (unpaired) electrons. The molecule has 0 bridgehead atoms. The number of piperidine rings is 1. The highest BCUT2D eigenvalue weighted by Gasteiger charge is 2.21. The molecule has 2 aromatic heterocycles. The van der Waals surface area contributed by atoms with Gasteiger partial charge in [-0.3, -0.25) is 0 Å². The fraction of sp³-hybridized carbons (Fsp3) is 0.474. The van der Waals surface area contributed by atoms with E-state index in [1.807, 2.05) is 0 Å². The third-order valence-electron chi connectivity index (χ3n) is 5.14. The molecule has 2 N–H and O–H groups in total. The topological polar surface area (TPSA) is 66.2 Å². The van der Waals surface area contributed by atoms with Crippen molar-refractivity contribution in [2.75, 3.05) is 25.0 Å². The second-order valence-corrected chi connectivity index (χ2v) is 8.19. The van der Waals surface area contributed by atoms with Gasteiger partial charge in [-0.1, -0.05) is 18.3 Å². The molecule has 0 aliphatic carbocycles. The molecule has 4 rings (SSSR count). The average Bonchev–Trinajstić information content (AvgIpc) is 3.19. The van der Waals surface area contributed by atoms with Gasteiger partial charge in [-0.15, -0.1) is 5.10 Å². The minimum atomic E-state index is -2.63. The Balaban J connectivity index is 1.56. The minimum Gasteiger partial charge on any atom is -0.506 e. The van der Waals surface area contributed by atoms with Gasteiger partial charge in [0.2, 0.25) is 0 Å². The molecule has 0 spiro atoms. The van der Waals surface area contributed by atoms with Crippen molar-refractivity contribution < 1.29 is 13.9 Å². The first-order valence-corrected chi connectivity index (χ1v) is 10.2. The summed E-state index contributed by atoms with van der Waals surface area (Å²) in [6.45, 7) is 7.07. The molecule has 3 heterocycles. The van der Waals surface area contributed by atoms with E-state index < -0.39 is 6.43 Å². The maximum atomic E-state index is 12.9. The van der Waals surface area contributed by atoms with E-state index in [-0.39, 0.29) is 11.3 Å². The maximum absolute atomic E-state index is 12.9. The number of thiazole rings is 1. The van der Waals surface area contributed by atoms with E-state index in [0.29, 0.717) is 22.9 Å². The number of nitrogens with one attached hydrogen (secondary N) is 1. The average molecular weight is 407 g/mol. The molecule has 6 nitrogen and oxygen atoms in total. The van der Waals surface area contributed by atoms with Gasteiger partial charge in [0, 0.05) is 18.2 Å². The van der Waals surface area contributed by atoms with E-state index in [1.165, 1.54) is 28.5 Å². The maximum Gasteiger partial charge on any atom is 0.263 e. The fourth-order valence-electron chi connectivity index (χ4n) is 3.75. The van der Waals surface area contributed by atoms with Gasteiger partial charge < -0.3 is 15.3 Å². The summed E-state index contributed by atoms with van der Waals surface area (Å²) in [5.74, 6) is -0.217. The van der Waals surface area contributed by atoms with Crippen molar-refractivity contribution in [1.29, 1.82) is 0 Å². The lowest BCUT2D eigenvalue weighted by atomic mass is 10.1. The first kappa shape index (κ1) is 19.1. The van der Waals surface area contributed by atoms with E-state index in [9.17, 15) is 13.9 Å². The van der Waals surface area contributed by atoms with E-state index in [2.05, 4.69) is 27.2 Å². The van der Waals surface area contributed by atoms with Gasteiger partial charge in [-0.25, -0.2) is 13.5 Å². The second kappa shape index (κ2) is 7.63. The fourth-order valence-corrected chi connectivity index (χ4v) is 4.64. The highest BCUT2D eigenvalue weighted by atomic mass is 32.1. The van der Waals surface area contributed by atoms with E-state index in [1.54, 1.807) is 13.1 Å².